The zero-order valence-corrected chi connectivity index (χ0v) is 11.7. The average Bonchev–Trinajstić information content (AvgIpc) is 2.35. The van der Waals surface area contributed by atoms with E-state index >= 15 is 0 Å². The first-order chi connectivity index (χ1) is 8.90. The Morgan fingerprint density at radius 2 is 2.05 bits per heavy atom. The first kappa shape index (κ1) is 15.6. The van der Waals surface area contributed by atoms with Gasteiger partial charge in [-0.15, -0.1) is 0 Å². The second-order valence-corrected chi connectivity index (χ2v) is 5.47. The standard InChI is InChI=1S/C12H17NO5S/c1-3-6-18-12(14)9-4-5-10(8-17-2)11(7-9)19(13,15)16/h4-5,7H,3,6,8H2,1-2H3,(H2,13,15,16). The number of carbonyl (C=O) groups is 1. The highest BCUT2D eigenvalue weighted by atomic mass is 32.2. The lowest BCUT2D eigenvalue weighted by Crippen LogP contribution is -2.16. The van der Waals surface area contributed by atoms with Gasteiger partial charge < -0.3 is 9.47 Å². The number of benzene rings is 1. The van der Waals surface area contributed by atoms with Gasteiger partial charge in [0.1, 0.15) is 0 Å². The topological polar surface area (TPSA) is 95.7 Å². The molecular weight excluding hydrogens is 270 g/mol. The van der Waals surface area contributed by atoms with Crippen LogP contribution in [0.15, 0.2) is 23.1 Å². The molecule has 0 spiro atoms. The number of hydrogen-bond donors (Lipinski definition) is 1. The molecule has 2 N–H and O–H groups in total. The number of nitrogens with two attached hydrogens (primary N) is 1. The number of esters is 1. The number of carbonyl (C=O) groups excluding carboxylic acids is 1. The molecule has 0 unspecified atom stereocenters. The van der Waals surface area contributed by atoms with Crippen LogP contribution in [0.4, 0.5) is 0 Å². The summed E-state index contributed by atoms with van der Waals surface area (Å²) >= 11 is 0. The molecule has 0 bridgehead atoms. The highest BCUT2D eigenvalue weighted by molar-refractivity contribution is 7.89. The Balaban J connectivity index is 3.15. The van der Waals surface area contributed by atoms with Gasteiger partial charge in [0.15, 0.2) is 0 Å². The lowest BCUT2D eigenvalue weighted by molar-refractivity contribution is 0.0504. The maximum absolute atomic E-state index is 11.7. The summed E-state index contributed by atoms with van der Waals surface area (Å²) in [7, 11) is -2.48. The van der Waals surface area contributed by atoms with Gasteiger partial charge in [-0.3, -0.25) is 0 Å². The average molecular weight is 287 g/mol. The van der Waals surface area contributed by atoms with Gasteiger partial charge in [-0.05, 0) is 24.1 Å². The van der Waals surface area contributed by atoms with E-state index < -0.39 is 16.0 Å². The van der Waals surface area contributed by atoms with Crippen molar-refractivity contribution in [2.24, 2.45) is 5.14 Å². The molecule has 0 radical (unpaired) electrons. The van der Waals surface area contributed by atoms with Crippen LogP contribution in [-0.4, -0.2) is 28.1 Å². The van der Waals surface area contributed by atoms with Gasteiger partial charge in [0, 0.05) is 7.11 Å². The van der Waals surface area contributed by atoms with Gasteiger partial charge in [-0.25, -0.2) is 18.4 Å². The second kappa shape index (κ2) is 6.65. The van der Waals surface area contributed by atoms with Crippen LogP contribution in [0.3, 0.4) is 0 Å². The Labute approximate surface area is 112 Å². The molecule has 0 aromatic heterocycles. The minimum Gasteiger partial charge on any atom is -0.462 e. The van der Waals surface area contributed by atoms with E-state index in [1.807, 2.05) is 6.92 Å². The van der Waals surface area contributed by atoms with E-state index in [9.17, 15) is 13.2 Å². The number of ether oxygens (including phenoxy) is 2. The molecule has 0 fully saturated rings. The van der Waals surface area contributed by atoms with Gasteiger partial charge in [-0.2, -0.15) is 0 Å². The SMILES string of the molecule is CCCOC(=O)c1ccc(COC)c(S(N)(=O)=O)c1. The molecular formula is C12H17NO5S. The van der Waals surface area contributed by atoms with Crippen LogP contribution in [0, 0.1) is 0 Å². The van der Waals surface area contributed by atoms with Crippen LogP contribution < -0.4 is 5.14 Å². The first-order valence-electron chi connectivity index (χ1n) is 5.72. The van der Waals surface area contributed by atoms with E-state index in [1.165, 1.54) is 25.3 Å². The Bertz CT molecular complexity index is 553. The normalized spacial score (nSPS) is 11.3. The highest BCUT2D eigenvalue weighted by Gasteiger charge is 2.17. The third-order valence-corrected chi connectivity index (χ3v) is 3.34. The highest BCUT2D eigenvalue weighted by Crippen LogP contribution is 2.18. The number of rotatable bonds is 6. The maximum atomic E-state index is 11.7. The lowest BCUT2D eigenvalue weighted by atomic mass is 10.1. The molecule has 1 aromatic rings. The summed E-state index contributed by atoms with van der Waals surface area (Å²) in [4.78, 5) is 11.5. The lowest BCUT2D eigenvalue weighted by Gasteiger charge is -2.09. The van der Waals surface area contributed by atoms with Crippen molar-refractivity contribution >= 4 is 16.0 Å². The minimum atomic E-state index is -3.92. The molecule has 7 heteroatoms. The summed E-state index contributed by atoms with van der Waals surface area (Å²) in [6.45, 7) is 2.24. The molecule has 106 valence electrons. The van der Waals surface area contributed by atoms with Gasteiger partial charge in [0.25, 0.3) is 0 Å². The molecule has 0 saturated heterocycles. The summed E-state index contributed by atoms with van der Waals surface area (Å²) < 4.78 is 32.8. The van der Waals surface area contributed by atoms with Crippen LogP contribution in [-0.2, 0) is 26.1 Å². The molecule has 1 rings (SSSR count). The Morgan fingerprint density at radius 1 is 1.37 bits per heavy atom. The van der Waals surface area contributed by atoms with Crippen LogP contribution in [0.5, 0.6) is 0 Å². The number of methoxy groups -OCH3 is 1. The molecule has 0 amide bonds. The zero-order chi connectivity index (χ0) is 14.5. The Kier molecular flexibility index (Phi) is 5.46. The largest absolute Gasteiger partial charge is 0.462 e. The van der Waals surface area contributed by atoms with E-state index in [1.54, 1.807) is 0 Å². The van der Waals surface area contributed by atoms with Crippen molar-refractivity contribution < 1.29 is 22.7 Å². The summed E-state index contributed by atoms with van der Waals surface area (Å²) in [5.41, 5.74) is 0.550. The van der Waals surface area contributed by atoms with Crippen molar-refractivity contribution in [2.45, 2.75) is 24.8 Å². The van der Waals surface area contributed by atoms with Crippen molar-refractivity contribution in [3.8, 4) is 0 Å². The molecule has 0 saturated carbocycles. The quantitative estimate of drug-likeness (QED) is 0.789. The van der Waals surface area contributed by atoms with Crippen molar-refractivity contribution in [1.29, 1.82) is 0 Å². The maximum Gasteiger partial charge on any atom is 0.338 e. The van der Waals surface area contributed by atoms with Crippen molar-refractivity contribution in [3.05, 3.63) is 29.3 Å². The Hall–Kier alpha value is -1.44. The van der Waals surface area contributed by atoms with Gasteiger partial charge in [0.05, 0.1) is 23.7 Å². The molecule has 0 aliphatic carbocycles. The van der Waals surface area contributed by atoms with Crippen LogP contribution in [0.2, 0.25) is 0 Å². The molecule has 19 heavy (non-hydrogen) atoms. The Morgan fingerprint density at radius 3 is 2.58 bits per heavy atom. The van der Waals surface area contributed by atoms with Crippen molar-refractivity contribution in [2.75, 3.05) is 13.7 Å². The monoisotopic (exact) mass is 287 g/mol. The first-order valence-corrected chi connectivity index (χ1v) is 7.26. The van der Waals surface area contributed by atoms with Crippen LogP contribution >= 0.6 is 0 Å². The number of hydrogen-bond acceptors (Lipinski definition) is 5. The molecule has 0 heterocycles. The van der Waals surface area contributed by atoms with Gasteiger partial charge in [-0.1, -0.05) is 13.0 Å². The number of sulfonamides is 1. The van der Waals surface area contributed by atoms with Gasteiger partial charge >= 0.3 is 5.97 Å². The fraction of sp³-hybridized carbons (Fsp3) is 0.417. The van der Waals surface area contributed by atoms with E-state index in [0.29, 0.717) is 12.0 Å². The molecule has 0 aliphatic rings. The smallest absolute Gasteiger partial charge is 0.338 e. The summed E-state index contributed by atoms with van der Waals surface area (Å²) in [5, 5.41) is 5.12. The minimum absolute atomic E-state index is 0.0933. The predicted molar refractivity (Wildman–Crippen MR) is 69.1 cm³/mol. The summed E-state index contributed by atoms with van der Waals surface area (Å²) in [5.74, 6) is -0.573. The molecule has 6 nitrogen and oxygen atoms in total. The van der Waals surface area contributed by atoms with E-state index in [4.69, 9.17) is 14.6 Å². The van der Waals surface area contributed by atoms with Crippen molar-refractivity contribution in [1.82, 2.24) is 0 Å². The molecule has 0 atom stereocenters. The third-order valence-electron chi connectivity index (χ3n) is 2.35. The fourth-order valence-electron chi connectivity index (χ4n) is 1.50. The summed E-state index contributed by atoms with van der Waals surface area (Å²) in [6, 6.07) is 4.19. The molecule has 0 aliphatic heterocycles. The van der Waals surface area contributed by atoms with E-state index in [0.717, 1.165) is 0 Å². The van der Waals surface area contributed by atoms with E-state index in [-0.39, 0.29) is 23.7 Å². The van der Waals surface area contributed by atoms with Crippen molar-refractivity contribution in [3.63, 3.8) is 0 Å². The van der Waals surface area contributed by atoms with Crippen LogP contribution in [0.1, 0.15) is 29.3 Å². The predicted octanol–water partition coefficient (Wildman–Crippen LogP) is 1.05. The summed E-state index contributed by atoms with van der Waals surface area (Å²) in [6.07, 6.45) is 0.690. The number of primary sulfonamides is 1. The van der Waals surface area contributed by atoms with Crippen LogP contribution in [0.25, 0.3) is 0 Å². The third kappa shape index (κ3) is 4.30. The van der Waals surface area contributed by atoms with E-state index in [2.05, 4.69) is 0 Å². The molecule has 1 aromatic carbocycles. The zero-order valence-electron chi connectivity index (χ0n) is 10.9. The van der Waals surface area contributed by atoms with Gasteiger partial charge in [0.2, 0.25) is 10.0 Å². The second-order valence-electron chi connectivity index (χ2n) is 3.94. The fourth-order valence-corrected chi connectivity index (χ4v) is 2.28.